The molecule has 0 spiro atoms. The fraction of sp³-hybridized carbons (Fsp3) is 0.412. The maximum Gasteiger partial charge on any atom is 0.278 e. The molecule has 0 aliphatic carbocycles. The maximum atomic E-state index is 13.0. The molecule has 1 aromatic carbocycles. The van der Waals surface area contributed by atoms with Crippen LogP contribution in [-0.4, -0.2) is 44.5 Å². The first-order chi connectivity index (χ1) is 11.5. The van der Waals surface area contributed by atoms with E-state index in [-0.39, 0.29) is 17.6 Å². The minimum absolute atomic E-state index is 0.00791. The Morgan fingerprint density at radius 2 is 2.29 bits per heavy atom. The van der Waals surface area contributed by atoms with E-state index >= 15 is 0 Å². The summed E-state index contributed by atoms with van der Waals surface area (Å²) >= 11 is 0. The Bertz CT molecular complexity index is 790. The summed E-state index contributed by atoms with van der Waals surface area (Å²) in [5.74, 6) is -0.184. The second-order valence-electron chi connectivity index (χ2n) is 6.17. The molecule has 2 atom stereocenters. The molecule has 1 saturated heterocycles. The van der Waals surface area contributed by atoms with Gasteiger partial charge in [0.05, 0.1) is 27.5 Å². The summed E-state index contributed by atoms with van der Waals surface area (Å²) < 4.78 is 0. The maximum absolute atomic E-state index is 13.0. The SMILES string of the molecule is CC(O)CC1CCCN1C(=O)c1ccc([N+](=O)[O-])c2cccnc12. The van der Waals surface area contributed by atoms with Gasteiger partial charge in [0.25, 0.3) is 11.6 Å². The third-order valence-corrected chi connectivity index (χ3v) is 4.42. The van der Waals surface area contributed by atoms with Crippen LogP contribution in [0.3, 0.4) is 0 Å². The van der Waals surface area contributed by atoms with Crippen molar-refractivity contribution in [2.24, 2.45) is 0 Å². The van der Waals surface area contributed by atoms with Gasteiger partial charge < -0.3 is 10.0 Å². The highest BCUT2D eigenvalue weighted by atomic mass is 16.6. The Kier molecular flexibility index (Phi) is 4.44. The lowest BCUT2D eigenvalue weighted by molar-refractivity contribution is -0.383. The zero-order valence-electron chi connectivity index (χ0n) is 13.4. The lowest BCUT2D eigenvalue weighted by atomic mass is 10.0. The van der Waals surface area contributed by atoms with Crippen LogP contribution in [0.2, 0.25) is 0 Å². The highest BCUT2D eigenvalue weighted by Gasteiger charge is 2.31. The first-order valence-corrected chi connectivity index (χ1v) is 8.00. The summed E-state index contributed by atoms with van der Waals surface area (Å²) in [5, 5.41) is 21.2. The van der Waals surface area contributed by atoms with Crippen LogP contribution in [0.4, 0.5) is 5.69 Å². The number of nitro groups is 1. The molecule has 1 N–H and O–H groups in total. The third kappa shape index (κ3) is 2.94. The Hall–Kier alpha value is -2.54. The number of nitrogens with zero attached hydrogens (tertiary/aromatic N) is 3. The minimum Gasteiger partial charge on any atom is -0.393 e. The fourth-order valence-corrected chi connectivity index (χ4v) is 3.39. The van der Waals surface area contributed by atoms with Crippen molar-refractivity contribution in [2.75, 3.05) is 6.54 Å². The molecule has 7 nitrogen and oxygen atoms in total. The molecule has 3 rings (SSSR count). The topological polar surface area (TPSA) is 96.6 Å². The lowest BCUT2D eigenvalue weighted by Gasteiger charge is -2.26. The van der Waals surface area contributed by atoms with Gasteiger partial charge in [-0.3, -0.25) is 19.9 Å². The molecule has 1 fully saturated rings. The van der Waals surface area contributed by atoms with Crippen LogP contribution >= 0.6 is 0 Å². The van der Waals surface area contributed by atoms with Crippen molar-refractivity contribution in [3.8, 4) is 0 Å². The van der Waals surface area contributed by atoms with Gasteiger partial charge in [-0.15, -0.1) is 0 Å². The Morgan fingerprint density at radius 3 is 3.00 bits per heavy atom. The number of non-ortho nitro benzene ring substituents is 1. The molecule has 1 aliphatic heterocycles. The van der Waals surface area contributed by atoms with E-state index in [1.54, 1.807) is 24.0 Å². The van der Waals surface area contributed by atoms with Gasteiger partial charge in [-0.1, -0.05) is 0 Å². The van der Waals surface area contributed by atoms with Crippen LogP contribution in [0, 0.1) is 10.1 Å². The molecule has 126 valence electrons. The van der Waals surface area contributed by atoms with Crippen molar-refractivity contribution in [2.45, 2.75) is 38.3 Å². The summed E-state index contributed by atoms with van der Waals surface area (Å²) in [7, 11) is 0. The summed E-state index contributed by atoms with van der Waals surface area (Å²) in [4.78, 5) is 29.6. The largest absolute Gasteiger partial charge is 0.393 e. The monoisotopic (exact) mass is 329 g/mol. The van der Waals surface area contributed by atoms with Crippen LogP contribution in [0.25, 0.3) is 10.9 Å². The molecular formula is C17H19N3O4. The number of aliphatic hydroxyl groups is 1. The lowest BCUT2D eigenvalue weighted by Crippen LogP contribution is -2.37. The standard InChI is InChI=1S/C17H19N3O4/c1-11(21)10-12-4-3-9-19(12)17(22)14-6-7-15(20(23)24)13-5-2-8-18-16(13)14/h2,5-8,11-12,21H,3-4,9-10H2,1H3. The molecule has 2 heterocycles. The molecular weight excluding hydrogens is 310 g/mol. The number of hydrogen-bond acceptors (Lipinski definition) is 5. The molecule has 24 heavy (non-hydrogen) atoms. The number of amides is 1. The van der Waals surface area contributed by atoms with Gasteiger partial charge in [0.15, 0.2) is 0 Å². The predicted molar refractivity (Wildman–Crippen MR) is 88.8 cm³/mol. The van der Waals surface area contributed by atoms with Crippen LogP contribution in [0.5, 0.6) is 0 Å². The van der Waals surface area contributed by atoms with E-state index in [1.807, 2.05) is 0 Å². The normalized spacial score (nSPS) is 18.8. The fourth-order valence-electron chi connectivity index (χ4n) is 3.39. The Balaban J connectivity index is 2.02. The first kappa shape index (κ1) is 16.3. The van der Waals surface area contributed by atoms with Gasteiger partial charge in [-0.05, 0) is 44.4 Å². The molecule has 2 aromatic rings. The van der Waals surface area contributed by atoms with Crippen molar-refractivity contribution in [1.29, 1.82) is 0 Å². The van der Waals surface area contributed by atoms with Crippen molar-refractivity contribution in [3.63, 3.8) is 0 Å². The zero-order chi connectivity index (χ0) is 17.3. The quantitative estimate of drug-likeness (QED) is 0.687. The number of pyridine rings is 1. The van der Waals surface area contributed by atoms with E-state index in [2.05, 4.69) is 4.98 Å². The molecule has 7 heteroatoms. The van der Waals surface area contributed by atoms with Crippen molar-refractivity contribution in [3.05, 3.63) is 46.1 Å². The van der Waals surface area contributed by atoms with Gasteiger partial charge in [0, 0.05) is 24.8 Å². The molecule has 2 unspecified atom stereocenters. The first-order valence-electron chi connectivity index (χ1n) is 8.00. The van der Waals surface area contributed by atoms with Gasteiger partial charge >= 0.3 is 0 Å². The van der Waals surface area contributed by atoms with Crippen LogP contribution in [-0.2, 0) is 0 Å². The number of hydrogen-bond donors (Lipinski definition) is 1. The molecule has 0 saturated carbocycles. The number of benzene rings is 1. The molecule has 0 radical (unpaired) electrons. The van der Waals surface area contributed by atoms with Crippen LogP contribution in [0.15, 0.2) is 30.5 Å². The van der Waals surface area contributed by atoms with E-state index < -0.39 is 11.0 Å². The second kappa shape index (κ2) is 6.52. The van der Waals surface area contributed by atoms with Gasteiger partial charge in [-0.25, -0.2) is 0 Å². The number of likely N-dealkylation sites (tertiary alicyclic amines) is 1. The van der Waals surface area contributed by atoms with Crippen molar-refractivity contribution < 1.29 is 14.8 Å². The molecule has 1 aliphatic rings. The number of aliphatic hydroxyl groups excluding tert-OH is 1. The van der Waals surface area contributed by atoms with E-state index in [0.717, 1.165) is 12.8 Å². The van der Waals surface area contributed by atoms with E-state index in [9.17, 15) is 20.0 Å². The van der Waals surface area contributed by atoms with Gasteiger partial charge in [0.2, 0.25) is 0 Å². The van der Waals surface area contributed by atoms with Crippen molar-refractivity contribution in [1.82, 2.24) is 9.88 Å². The number of carbonyl (C=O) groups excluding carboxylic acids is 1. The van der Waals surface area contributed by atoms with Gasteiger partial charge in [-0.2, -0.15) is 0 Å². The average molecular weight is 329 g/mol. The molecule has 0 bridgehead atoms. The van der Waals surface area contributed by atoms with E-state index in [4.69, 9.17) is 0 Å². The Labute approximate surface area is 139 Å². The minimum atomic E-state index is -0.477. The number of rotatable bonds is 4. The summed E-state index contributed by atoms with van der Waals surface area (Å²) in [5.41, 5.74) is 0.657. The number of carbonyl (C=O) groups is 1. The van der Waals surface area contributed by atoms with Gasteiger partial charge in [0.1, 0.15) is 0 Å². The van der Waals surface area contributed by atoms with Crippen LogP contribution in [0.1, 0.15) is 36.5 Å². The molecule has 1 amide bonds. The summed E-state index contributed by atoms with van der Waals surface area (Å²) in [6.07, 6.45) is 3.33. The van der Waals surface area contributed by atoms with Crippen molar-refractivity contribution >= 4 is 22.5 Å². The zero-order valence-corrected chi connectivity index (χ0v) is 13.4. The van der Waals surface area contributed by atoms with E-state index in [0.29, 0.717) is 29.4 Å². The third-order valence-electron chi connectivity index (χ3n) is 4.42. The predicted octanol–water partition coefficient (Wildman–Crippen LogP) is 2.52. The van der Waals surface area contributed by atoms with Crippen LogP contribution < -0.4 is 0 Å². The number of aromatic nitrogens is 1. The second-order valence-corrected chi connectivity index (χ2v) is 6.17. The Morgan fingerprint density at radius 1 is 1.50 bits per heavy atom. The molecule has 1 aromatic heterocycles. The summed E-state index contributed by atoms with van der Waals surface area (Å²) in [6.45, 7) is 2.34. The number of fused-ring (bicyclic) bond motifs is 1. The summed E-state index contributed by atoms with van der Waals surface area (Å²) in [6, 6.07) is 6.06. The van der Waals surface area contributed by atoms with E-state index in [1.165, 1.54) is 18.3 Å². The highest BCUT2D eigenvalue weighted by Crippen LogP contribution is 2.30. The smallest absolute Gasteiger partial charge is 0.278 e. The average Bonchev–Trinajstić information content (AvgIpc) is 3.00. The highest BCUT2D eigenvalue weighted by molar-refractivity contribution is 6.07. The number of nitro benzene ring substituents is 1.